The van der Waals surface area contributed by atoms with Crippen LogP contribution in [0.1, 0.15) is 40.0 Å². The summed E-state index contributed by atoms with van der Waals surface area (Å²) in [7, 11) is -2.48. The summed E-state index contributed by atoms with van der Waals surface area (Å²) in [5.74, 6) is 0. The number of nitrogens with two attached hydrogens (primary N) is 1. The highest BCUT2D eigenvalue weighted by atomic mass is 28.4. The molecule has 0 heterocycles. The first-order chi connectivity index (χ1) is 7.74. The summed E-state index contributed by atoms with van der Waals surface area (Å²) in [5, 5.41) is 0. The molecule has 5 heteroatoms. The van der Waals surface area contributed by atoms with E-state index in [1.165, 1.54) is 0 Å². The van der Waals surface area contributed by atoms with E-state index in [1.54, 1.807) is 0 Å². The summed E-state index contributed by atoms with van der Waals surface area (Å²) < 4.78 is 17.5. The highest BCUT2D eigenvalue weighted by Gasteiger charge is 2.39. The zero-order valence-corrected chi connectivity index (χ0v) is 12.0. The van der Waals surface area contributed by atoms with E-state index >= 15 is 0 Å². The molecule has 0 aliphatic heterocycles. The van der Waals surface area contributed by atoms with E-state index in [0.717, 1.165) is 19.3 Å². The van der Waals surface area contributed by atoms with Gasteiger partial charge in [0.15, 0.2) is 0 Å². The molecule has 98 valence electrons. The molecule has 0 unspecified atom stereocenters. The van der Waals surface area contributed by atoms with Crippen molar-refractivity contribution in [3.8, 4) is 0 Å². The fourth-order valence-corrected chi connectivity index (χ4v) is 3.87. The van der Waals surface area contributed by atoms with Gasteiger partial charge in [0.05, 0.1) is 0 Å². The fourth-order valence-electron chi connectivity index (χ4n) is 1.29. The van der Waals surface area contributed by atoms with Crippen molar-refractivity contribution in [1.82, 2.24) is 0 Å². The first kappa shape index (κ1) is 16.1. The lowest BCUT2D eigenvalue weighted by Gasteiger charge is -2.29. The van der Waals surface area contributed by atoms with Crippen LogP contribution in [-0.2, 0) is 13.3 Å². The minimum Gasteiger partial charge on any atom is -0.373 e. The average molecular weight is 249 g/mol. The van der Waals surface area contributed by atoms with Crippen LogP contribution < -0.4 is 5.73 Å². The Bertz CT molecular complexity index is 136. The molecular weight excluding hydrogens is 222 g/mol. The predicted octanol–water partition coefficient (Wildman–Crippen LogP) is 2.16. The van der Waals surface area contributed by atoms with Crippen LogP contribution in [0.5, 0.6) is 0 Å². The van der Waals surface area contributed by atoms with Gasteiger partial charge in [0, 0.05) is 25.9 Å². The Morgan fingerprint density at radius 1 is 0.812 bits per heavy atom. The summed E-state index contributed by atoms with van der Waals surface area (Å²) >= 11 is 0. The van der Waals surface area contributed by atoms with E-state index in [9.17, 15) is 0 Å². The second-order valence-corrected chi connectivity index (χ2v) is 6.50. The van der Waals surface area contributed by atoms with Gasteiger partial charge in [-0.1, -0.05) is 20.8 Å². The molecule has 0 rings (SSSR count). The van der Waals surface area contributed by atoms with Crippen molar-refractivity contribution in [1.29, 1.82) is 0 Å². The molecule has 0 amide bonds. The Hall–Kier alpha value is 0.0569. The highest BCUT2D eigenvalue weighted by molar-refractivity contribution is 6.60. The lowest BCUT2D eigenvalue weighted by molar-refractivity contribution is 0.0598. The van der Waals surface area contributed by atoms with Crippen LogP contribution in [0.25, 0.3) is 0 Å². The molecule has 0 radical (unpaired) electrons. The molecule has 0 bridgehead atoms. The Morgan fingerprint density at radius 2 is 1.19 bits per heavy atom. The molecule has 0 aliphatic rings. The lowest BCUT2D eigenvalue weighted by Crippen LogP contribution is -2.48. The zero-order chi connectivity index (χ0) is 12.3. The van der Waals surface area contributed by atoms with Gasteiger partial charge < -0.3 is 19.0 Å². The maximum atomic E-state index is 5.84. The highest BCUT2D eigenvalue weighted by Crippen LogP contribution is 2.16. The van der Waals surface area contributed by atoms with Crippen molar-refractivity contribution in [2.45, 2.75) is 46.1 Å². The zero-order valence-electron chi connectivity index (χ0n) is 11.0. The van der Waals surface area contributed by atoms with Crippen LogP contribution in [0.15, 0.2) is 0 Å². The average Bonchev–Trinajstić information content (AvgIpc) is 2.31. The van der Waals surface area contributed by atoms with E-state index in [0.29, 0.717) is 32.4 Å². The Balaban J connectivity index is 4.32. The van der Waals surface area contributed by atoms with Gasteiger partial charge in [-0.2, -0.15) is 0 Å². The minimum absolute atomic E-state index is 0.559. The second kappa shape index (κ2) is 10.2. The number of hydrogen-bond donors (Lipinski definition) is 1. The quantitative estimate of drug-likeness (QED) is 0.570. The summed E-state index contributed by atoms with van der Waals surface area (Å²) in [6.07, 6.45) is 2.93. The first-order valence-corrected chi connectivity index (χ1v) is 8.29. The summed E-state index contributed by atoms with van der Waals surface area (Å²) in [6, 6.07) is 0.715. The molecule has 0 spiro atoms. The van der Waals surface area contributed by atoms with Crippen LogP contribution in [0, 0.1) is 0 Å². The van der Waals surface area contributed by atoms with Crippen molar-refractivity contribution < 1.29 is 13.3 Å². The van der Waals surface area contributed by atoms with Crippen LogP contribution in [-0.4, -0.2) is 35.2 Å². The van der Waals surface area contributed by atoms with Crippen molar-refractivity contribution in [3.05, 3.63) is 0 Å². The predicted molar refractivity (Wildman–Crippen MR) is 68.3 cm³/mol. The van der Waals surface area contributed by atoms with Gasteiger partial charge in [-0.05, 0) is 25.8 Å². The van der Waals surface area contributed by atoms with Gasteiger partial charge in [-0.25, -0.2) is 0 Å². The monoisotopic (exact) mass is 249 g/mol. The fraction of sp³-hybridized carbons (Fsp3) is 1.00. The minimum atomic E-state index is -2.48. The smallest absolute Gasteiger partial charge is 0.373 e. The SMILES string of the molecule is CCCO[Si](CCN)(OCCC)OCCC. The third-order valence-electron chi connectivity index (χ3n) is 2.03. The van der Waals surface area contributed by atoms with Crippen molar-refractivity contribution in [2.24, 2.45) is 5.73 Å². The maximum Gasteiger partial charge on any atom is 0.502 e. The number of rotatable bonds is 11. The molecule has 0 aromatic heterocycles. The standard InChI is InChI=1S/C11H27NO3Si/c1-4-8-13-16(11-7-12,14-9-5-2)15-10-6-3/h4-12H2,1-3H3. The van der Waals surface area contributed by atoms with Gasteiger partial charge in [-0.3, -0.25) is 0 Å². The summed E-state index contributed by atoms with van der Waals surface area (Å²) in [5.41, 5.74) is 5.62. The summed E-state index contributed by atoms with van der Waals surface area (Å²) in [4.78, 5) is 0. The first-order valence-electron chi connectivity index (χ1n) is 6.36. The van der Waals surface area contributed by atoms with E-state index in [-0.39, 0.29) is 0 Å². The largest absolute Gasteiger partial charge is 0.502 e. The normalized spacial score (nSPS) is 12.0. The van der Waals surface area contributed by atoms with Gasteiger partial charge in [0.25, 0.3) is 0 Å². The lowest BCUT2D eigenvalue weighted by atomic mass is 10.5. The van der Waals surface area contributed by atoms with Crippen LogP contribution in [0.4, 0.5) is 0 Å². The Morgan fingerprint density at radius 3 is 1.44 bits per heavy atom. The summed E-state index contributed by atoms with van der Waals surface area (Å²) in [6.45, 7) is 8.89. The molecule has 0 saturated carbocycles. The third-order valence-corrected chi connectivity index (χ3v) is 4.86. The molecule has 4 nitrogen and oxygen atoms in total. The number of hydrogen-bond acceptors (Lipinski definition) is 4. The third kappa shape index (κ3) is 6.60. The molecule has 0 aliphatic carbocycles. The van der Waals surface area contributed by atoms with Gasteiger partial charge in [0.1, 0.15) is 0 Å². The van der Waals surface area contributed by atoms with Crippen LogP contribution >= 0.6 is 0 Å². The topological polar surface area (TPSA) is 53.7 Å². The molecular formula is C11H27NO3Si. The maximum absolute atomic E-state index is 5.84. The second-order valence-electron chi connectivity index (χ2n) is 3.77. The van der Waals surface area contributed by atoms with E-state index in [1.807, 2.05) is 0 Å². The van der Waals surface area contributed by atoms with Gasteiger partial charge >= 0.3 is 8.80 Å². The molecule has 0 aromatic carbocycles. The molecule has 2 N–H and O–H groups in total. The molecule has 0 saturated heterocycles. The van der Waals surface area contributed by atoms with Crippen LogP contribution in [0.2, 0.25) is 6.04 Å². The van der Waals surface area contributed by atoms with E-state index < -0.39 is 8.80 Å². The van der Waals surface area contributed by atoms with Crippen molar-refractivity contribution >= 4 is 8.80 Å². The van der Waals surface area contributed by atoms with Gasteiger partial charge in [-0.15, -0.1) is 0 Å². The molecule has 0 fully saturated rings. The van der Waals surface area contributed by atoms with Crippen molar-refractivity contribution in [2.75, 3.05) is 26.4 Å². The van der Waals surface area contributed by atoms with Crippen LogP contribution in [0.3, 0.4) is 0 Å². The molecule has 0 atom stereocenters. The van der Waals surface area contributed by atoms with Gasteiger partial charge in [0.2, 0.25) is 0 Å². The Labute approximate surface area is 101 Å². The van der Waals surface area contributed by atoms with E-state index in [4.69, 9.17) is 19.0 Å². The van der Waals surface area contributed by atoms with E-state index in [2.05, 4.69) is 20.8 Å². The molecule has 16 heavy (non-hydrogen) atoms. The Kier molecular flexibility index (Phi) is 10.3. The van der Waals surface area contributed by atoms with Crippen molar-refractivity contribution in [3.63, 3.8) is 0 Å². The molecule has 0 aromatic rings.